The fourth-order valence-electron chi connectivity index (χ4n) is 2.20. The van der Waals surface area contributed by atoms with Gasteiger partial charge in [0.05, 0.1) is 0 Å². The summed E-state index contributed by atoms with van der Waals surface area (Å²) in [6, 6.07) is 6.23. The Kier molecular flexibility index (Phi) is 3.83. The molecule has 0 radical (unpaired) electrons. The predicted molar refractivity (Wildman–Crippen MR) is 69.3 cm³/mol. The van der Waals surface area contributed by atoms with Gasteiger partial charge in [0, 0.05) is 12.2 Å². The van der Waals surface area contributed by atoms with Crippen molar-refractivity contribution in [2.75, 3.05) is 12.3 Å². The summed E-state index contributed by atoms with van der Waals surface area (Å²) in [6.45, 7) is 4.13. The number of nitrogen functional groups attached to an aromatic ring is 1. The number of nitrogens with one attached hydrogen (secondary N) is 1. The molecule has 0 unspecified atom stereocenters. The smallest absolute Gasteiger partial charge is 0.0359 e. The third-order valence-corrected chi connectivity index (χ3v) is 3.57. The van der Waals surface area contributed by atoms with Crippen molar-refractivity contribution in [2.24, 2.45) is 5.92 Å². The van der Waals surface area contributed by atoms with E-state index in [0.717, 1.165) is 24.7 Å². The molecule has 1 aliphatic carbocycles. The molecule has 2 nitrogen and oxygen atoms in total. The molecule has 1 aliphatic rings. The Morgan fingerprint density at radius 2 is 2.19 bits per heavy atom. The summed E-state index contributed by atoms with van der Waals surface area (Å²) < 4.78 is 0. The highest BCUT2D eigenvalue weighted by molar-refractivity contribution is 5.48. The molecule has 1 aromatic rings. The summed E-state index contributed by atoms with van der Waals surface area (Å²) in [7, 11) is 0. The first-order chi connectivity index (χ1) is 7.75. The van der Waals surface area contributed by atoms with E-state index in [2.05, 4.69) is 24.4 Å². The molecular weight excluding hydrogens is 196 g/mol. The molecule has 2 rings (SSSR count). The first-order valence-electron chi connectivity index (χ1n) is 6.31. The Balaban J connectivity index is 1.73. The highest BCUT2D eigenvalue weighted by atomic mass is 14.9. The Labute approximate surface area is 98.2 Å². The van der Waals surface area contributed by atoms with Crippen LogP contribution in [0.2, 0.25) is 0 Å². The fraction of sp³-hybridized carbons (Fsp3) is 0.571. The van der Waals surface area contributed by atoms with Crippen molar-refractivity contribution in [3.05, 3.63) is 29.3 Å². The van der Waals surface area contributed by atoms with Crippen LogP contribution in [-0.2, 0) is 6.54 Å². The summed E-state index contributed by atoms with van der Waals surface area (Å²) in [5, 5.41) is 3.49. The van der Waals surface area contributed by atoms with Crippen LogP contribution in [0, 0.1) is 12.8 Å². The SMILES string of the molecule is Cc1ccc(N)c(CNCCC2CCC2)c1. The second-order valence-electron chi connectivity index (χ2n) is 4.96. The van der Waals surface area contributed by atoms with Gasteiger partial charge < -0.3 is 11.1 Å². The quantitative estimate of drug-likeness (QED) is 0.589. The minimum absolute atomic E-state index is 0.903. The predicted octanol–water partition coefficient (Wildman–Crippen LogP) is 2.86. The van der Waals surface area contributed by atoms with Crippen molar-refractivity contribution in [2.45, 2.75) is 39.2 Å². The van der Waals surface area contributed by atoms with Gasteiger partial charge in [0.1, 0.15) is 0 Å². The van der Waals surface area contributed by atoms with Gasteiger partial charge in [-0.1, -0.05) is 37.0 Å². The van der Waals surface area contributed by atoms with Gasteiger partial charge in [0.2, 0.25) is 0 Å². The number of hydrogen-bond donors (Lipinski definition) is 2. The van der Waals surface area contributed by atoms with Gasteiger partial charge in [-0.05, 0) is 37.4 Å². The first-order valence-corrected chi connectivity index (χ1v) is 6.31. The summed E-state index contributed by atoms with van der Waals surface area (Å²) >= 11 is 0. The topological polar surface area (TPSA) is 38.0 Å². The largest absolute Gasteiger partial charge is 0.398 e. The lowest BCUT2D eigenvalue weighted by molar-refractivity contribution is 0.292. The van der Waals surface area contributed by atoms with Crippen LogP contribution >= 0.6 is 0 Å². The van der Waals surface area contributed by atoms with Crippen LogP contribution in [0.3, 0.4) is 0 Å². The van der Waals surface area contributed by atoms with Crippen LogP contribution in [0.25, 0.3) is 0 Å². The van der Waals surface area contributed by atoms with Gasteiger partial charge in [0.25, 0.3) is 0 Å². The fourth-order valence-corrected chi connectivity index (χ4v) is 2.20. The van der Waals surface area contributed by atoms with Crippen molar-refractivity contribution in [1.29, 1.82) is 0 Å². The first kappa shape index (κ1) is 11.5. The van der Waals surface area contributed by atoms with Gasteiger partial charge in [0.15, 0.2) is 0 Å². The molecule has 0 saturated heterocycles. The molecule has 1 fully saturated rings. The zero-order chi connectivity index (χ0) is 11.4. The van der Waals surface area contributed by atoms with E-state index in [9.17, 15) is 0 Å². The molecule has 88 valence electrons. The standard InChI is InChI=1S/C14H22N2/c1-11-5-6-14(15)13(9-11)10-16-8-7-12-3-2-4-12/h5-6,9,12,16H,2-4,7-8,10,15H2,1H3. The van der Waals surface area contributed by atoms with Gasteiger partial charge >= 0.3 is 0 Å². The molecule has 0 heterocycles. The summed E-state index contributed by atoms with van der Waals surface area (Å²) in [4.78, 5) is 0. The van der Waals surface area contributed by atoms with E-state index in [4.69, 9.17) is 5.73 Å². The molecule has 0 spiro atoms. The van der Waals surface area contributed by atoms with E-state index in [-0.39, 0.29) is 0 Å². The monoisotopic (exact) mass is 218 g/mol. The van der Waals surface area contributed by atoms with E-state index < -0.39 is 0 Å². The van der Waals surface area contributed by atoms with E-state index in [0.29, 0.717) is 0 Å². The minimum Gasteiger partial charge on any atom is -0.398 e. The molecule has 0 aromatic heterocycles. The van der Waals surface area contributed by atoms with Gasteiger partial charge in [-0.3, -0.25) is 0 Å². The highest BCUT2D eigenvalue weighted by Gasteiger charge is 2.16. The van der Waals surface area contributed by atoms with E-state index in [1.165, 1.54) is 36.8 Å². The number of benzene rings is 1. The third kappa shape index (κ3) is 2.99. The van der Waals surface area contributed by atoms with E-state index in [1.807, 2.05) is 6.07 Å². The molecular formula is C14H22N2. The second-order valence-corrected chi connectivity index (χ2v) is 4.96. The molecule has 0 amide bonds. The Morgan fingerprint density at radius 3 is 2.88 bits per heavy atom. The van der Waals surface area contributed by atoms with E-state index >= 15 is 0 Å². The summed E-state index contributed by atoms with van der Waals surface area (Å²) in [5.74, 6) is 0.988. The van der Waals surface area contributed by atoms with Crippen LogP contribution in [0.15, 0.2) is 18.2 Å². The van der Waals surface area contributed by atoms with Crippen molar-refractivity contribution < 1.29 is 0 Å². The number of rotatable bonds is 5. The molecule has 3 N–H and O–H groups in total. The number of aryl methyl sites for hydroxylation is 1. The maximum Gasteiger partial charge on any atom is 0.0359 e. The van der Waals surface area contributed by atoms with Crippen LogP contribution in [-0.4, -0.2) is 6.54 Å². The van der Waals surface area contributed by atoms with Crippen LogP contribution < -0.4 is 11.1 Å². The van der Waals surface area contributed by atoms with Crippen LogP contribution in [0.4, 0.5) is 5.69 Å². The van der Waals surface area contributed by atoms with Gasteiger partial charge in [-0.25, -0.2) is 0 Å². The maximum atomic E-state index is 5.93. The molecule has 2 heteroatoms. The lowest BCUT2D eigenvalue weighted by Gasteiger charge is -2.25. The molecule has 16 heavy (non-hydrogen) atoms. The number of nitrogens with two attached hydrogens (primary N) is 1. The van der Waals surface area contributed by atoms with Crippen molar-refractivity contribution >= 4 is 5.69 Å². The molecule has 0 aliphatic heterocycles. The second kappa shape index (κ2) is 5.35. The average Bonchev–Trinajstić information content (AvgIpc) is 2.20. The maximum absolute atomic E-state index is 5.93. The number of hydrogen-bond acceptors (Lipinski definition) is 2. The normalized spacial score (nSPS) is 16.1. The number of anilines is 1. The zero-order valence-corrected chi connectivity index (χ0v) is 10.1. The van der Waals surface area contributed by atoms with Gasteiger partial charge in [-0.2, -0.15) is 0 Å². The lowest BCUT2D eigenvalue weighted by atomic mass is 9.83. The zero-order valence-electron chi connectivity index (χ0n) is 10.1. The minimum atomic E-state index is 0.903. The molecule has 1 aromatic carbocycles. The van der Waals surface area contributed by atoms with E-state index in [1.54, 1.807) is 0 Å². The van der Waals surface area contributed by atoms with Crippen LogP contribution in [0.5, 0.6) is 0 Å². The molecule has 1 saturated carbocycles. The summed E-state index contributed by atoms with van der Waals surface area (Å²) in [6.07, 6.45) is 5.64. The third-order valence-electron chi connectivity index (χ3n) is 3.57. The molecule has 0 bridgehead atoms. The average molecular weight is 218 g/mol. The lowest BCUT2D eigenvalue weighted by Crippen LogP contribution is -2.21. The molecule has 0 atom stereocenters. The Hall–Kier alpha value is -1.02. The highest BCUT2D eigenvalue weighted by Crippen LogP contribution is 2.28. The van der Waals surface area contributed by atoms with Crippen LogP contribution in [0.1, 0.15) is 36.8 Å². The van der Waals surface area contributed by atoms with Crippen molar-refractivity contribution in [3.63, 3.8) is 0 Å². The van der Waals surface area contributed by atoms with Crippen molar-refractivity contribution in [3.8, 4) is 0 Å². The van der Waals surface area contributed by atoms with Gasteiger partial charge in [-0.15, -0.1) is 0 Å². The Morgan fingerprint density at radius 1 is 1.38 bits per heavy atom. The Bertz CT molecular complexity index is 343. The summed E-state index contributed by atoms with van der Waals surface area (Å²) in [5.41, 5.74) is 9.35. The van der Waals surface area contributed by atoms with Crippen molar-refractivity contribution in [1.82, 2.24) is 5.32 Å².